The van der Waals surface area contributed by atoms with Gasteiger partial charge < -0.3 is 14.6 Å². The van der Waals surface area contributed by atoms with Crippen molar-refractivity contribution in [1.82, 2.24) is 10.3 Å². The highest BCUT2D eigenvalue weighted by atomic mass is 16.6. The highest BCUT2D eigenvalue weighted by Gasteiger charge is 2.17. The van der Waals surface area contributed by atoms with Crippen molar-refractivity contribution in [3.8, 4) is 0 Å². The van der Waals surface area contributed by atoms with Crippen LogP contribution in [0.3, 0.4) is 0 Å². The number of hydrogen-bond acceptors (Lipinski definition) is 6. The fraction of sp³-hybridized carbons (Fsp3) is 0.417. The summed E-state index contributed by atoms with van der Waals surface area (Å²) in [6.45, 7) is 3.58. The molecule has 1 N–H and O–H groups in total. The maximum atomic E-state index is 10.7. The van der Waals surface area contributed by atoms with Gasteiger partial charge in [-0.15, -0.1) is 0 Å². The molecule has 7 heteroatoms. The Morgan fingerprint density at radius 1 is 1.37 bits per heavy atom. The first-order chi connectivity index (χ1) is 9.24. The number of aromatic nitrogens is 1. The molecule has 0 bridgehead atoms. The van der Waals surface area contributed by atoms with Crippen molar-refractivity contribution < 1.29 is 9.34 Å². The lowest BCUT2D eigenvalue weighted by Crippen LogP contribution is -2.27. The van der Waals surface area contributed by atoms with E-state index in [1.165, 1.54) is 12.1 Å². The van der Waals surface area contributed by atoms with Crippen molar-refractivity contribution in [3.63, 3.8) is 0 Å². The molecule has 1 fully saturated rings. The summed E-state index contributed by atoms with van der Waals surface area (Å²) in [6.07, 6.45) is 1.03. The number of nitro benzene ring substituents is 1. The monoisotopic (exact) mass is 262 g/mol. The van der Waals surface area contributed by atoms with Gasteiger partial charge in [-0.25, -0.2) is 0 Å². The van der Waals surface area contributed by atoms with E-state index in [0.29, 0.717) is 17.1 Å². The number of nitro groups is 1. The third kappa shape index (κ3) is 2.37. The summed E-state index contributed by atoms with van der Waals surface area (Å²) in [6, 6.07) is 5.02. The zero-order chi connectivity index (χ0) is 13.2. The van der Waals surface area contributed by atoms with Gasteiger partial charge >= 0.3 is 0 Å². The number of nitrogens with one attached hydrogen (secondary N) is 1. The Kier molecular flexibility index (Phi) is 3.04. The van der Waals surface area contributed by atoms with Gasteiger partial charge in [0.15, 0.2) is 5.58 Å². The third-order valence-corrected chi connectivity index (χ3v) is 3.18. The first kappa shape index (κ1) is 11.9. The van der Waals surface area contributed by atoms with E-state index in [-0.39, 0.29) is 5.69 Å². The number of hydrogen-bond donors (Lipinski definition) is 1. The average Bonchev–Trinajstić information content (AvgIpc) is 2.64. The Hall–Kier alpha value is -2.15. The van der Waals surface area contributed by atoms with Gasteiger partial charge in [-0.05, 0) is 19.0 Å². The van der Waals surface area contributed by atoms with Crippen molar-refractivity contribution in [2.24, 2.45) is 0 Å². The minimum absolute atomic E-state index is 0.0210. The first-order valence-electron chi connectivity index (χ1n) is 6.25. The minimum atomic E-state index is -0.433. The number of benzene rings is 1. The summed E-state index contributed by atoms with van der Waals surface area (Å²) in [5, 5.41) is 14.0. The van der Waals surface area contributed by atoms with Gasteiger partial charge in [0.25, 0.3) is 11.7 Å². The van der Waals surface area contributed by atoms with Crippen LogP contribution in [0.25, 0.3) is 11.1 Å². The van der Waals surface area contributed by atoms with Gasteiger partial charge in [0.2, 0.25) is 0 Å². The Morgan fingerprint density at radius 3 is 3.11 bits per heavy atom. The molecule has 3 rings (SSSR count). The van der Waals surface area contributed by atoms with Crippen LogP contribution in [0.5, 0.6) is 0 Å². The molecule has 100 valence electrons. The average molecular weight is 262 g/mol. The zero-order valence-corrected chi connectivity index (χ0v) is 10.3. The molecule has 0 aliphatic carbocycles. The largest absolute Gasteiger partial charge is 0.423 e. The van der Waals surface area contributed by atoms with Gasteiger partial charge in [0.05, 0.1) is 11.0 Å². The molecule has 1 aromatic heterocycles. The number of oxazole rings is 1. The normalized spacial score (nSPS) is 16.5. The number of fused-ring (bicyclic) bond motifs is 1. The van der Waals surface area contributed by atoms with Gasteiger partial charge in [0, 0.05) is 25.7 Å². The predicted molar refractivity (Wildman–Crippen MR) is 70.4 cm³/mol. The molecule has 1 aliphatic heterocycles. The molecule has 2 aromatic rings. The quantitative estimate of drug-likeness (QED) is 0.652. The van der Waals surface area contributed by atoms with Crippen LogP contribution in [-0.2, 0) is 0 Å². The molecule has 19 heavy (non-hydrogen) atoms. The molecule has 1 saturated heterocycles. The van der Waals surface area contributed by atoms with Crippen LogP contribution in [0.15, 0.2) is 22.6 Å². The summed E-state index contributed by atoms with van der Waals surface area (Å²) in [5.74, 6) is 0. The van der Waals surface area contributed by atoms with Gasteiger partial charge in [0.1, 0.15) is 5.52 Å². The van der Waals surface area contributed by atoms with Crippen LogP contribution < -0.4 is 10.2 Å². The lowest BCUT2D eigenvalue weighted by molar-refractivity contribution is -0.384. The standard InChI is InChI=1S/C12H14N4O3/c17-16(18)9-2-3-10-11(8-9)19-12(14-10)15-6-1-4-13-5-7-15/h2-3,8,13H,1,4-7H2. The number of anilines is 1. The highest BCUT2D eigenvalue weighted by molar-refractivity contribution is 5.77. The van der Waals surface area contributed by atoms with Gasteiger partial charge in [-0.2, -0.15) is 4.98 Å². The molecule has 2 heterocycles. The SMILES string of the molecule is O=[N+]([O-])c1ccc2nc(N3CCCNCC3)oc2c1. The fourth-order valence-corrected chi connectivity index (χ4v) is 2.19. The third-order valence-electron chi connectivity index (χ3n) is 3.18. The number of nitrogens with zero attached hydrogens (tertiary/aromatic N) is 3. The maximum Gasteiger partial charge on any atom is 0.298 e. The molecule has 0 unspecified atom stereocenters. The smallest absolute Gasteiger partial charge is 0.298 e. The van der Waals surface area contributed by atoms with Crippen molar-refractivity contribution in [2.75, 3.05) is 31.1 Å². The van der Waals surface area contributed by atoms with E-state index < -0.39 is 4.92 Å². The molecule has 0 atom stereocenters. The topological polar surface area (TPSA) is 84.4 Å². The Balaban J connectivity index is 1.94. The molecule has 0 spiro atoms. The molecule has 7 nitrogen and oxygen atoms in total. The van der Waals surface area contributed by atoms with Gasteiger partial charge in [-0.3, -0.25) is 10.1 Å². The summed E-state index contributed by atoms with van der Waals surface area (Å²) in [4.78, 5) is 16.7. The number of non-ortho nitro benzene ring substituents is 1. The summed E-state index contributed by atoms with van der Waals surface area (Å²) >= 11 is 0. The lowest BCUT2D eigenvalue weighted by atomic mass is 10.3. The Bertz CT molecular complexity index is 602. The summed E-state index contributed by atoms with van der Waals surface area (Å²) < 4.78 is 5.64. The van der Waals surface area contributed by atoms with E-state index in [1.54, 1.807) is 6.07 Å². The van der Waals surface area contributed by atoms with E-state index in [4.69, 9.17) is 4.42 Å². The molecule has 0 radical (unpaired) electrons. The van der Waals surface area contributed by atoms with E-state index in [0.717, 1.165) is 32.6 Å². The maximum absolute atomic E-state index is 10.7. The van der Waals surface area contributed by atoms with Crippen LogP contribution >= 0.6 is 0 Å². The highest BCUT2D eigenvalue weighted by Crippen LogP contribution is 2.25. The van der Waals surface area contributed by atoms with E-state index >= 15 is 0 Å². The number of rotatable bonds is 2. The van der Waals surface area contributed by atoms with Crippen molar-refractivity contribution in [2.45, 2.75) is 6.42 Å². The van der Waals surface area contributed by atoms with Crippen LogP contribution in [0, 0.1) is 10.1 Å². The molecular weight excluding hydrogens is 248 g/mol. The van der Waals surface area contributed by atoms with E-state index in [9.17, 15) is 10.1 Å². The second-order valence-corrected chi connectivity index (χ2v) is 4.50. The zero-order valence-electron chi connectivity index (χ0n) is 10.3. The van der Waals surface area contributed by atoms with Crippen molar-refractivity contribution in [1.29, 1.82) is 0 Å². The van der Waals surface area contributed by atoms with Crippen molar-refractivity contribution >= 4 is 22.8 Å². The van der Waals surface area contributed by atoms with E-state index in [2.05, 4.69) is 15.2 Å². The Morgan fingerprint density at radius 2 is 2.26 bits per heavy atom. The van der Waals surface area contributed by atoms with Crippen molar-refractivity contribution in [3.05, 3.63) is 28.3 Å². The Labute approximate surface area is 109 Å². The van der Waals surface area contributed by atoms with Crippen LogP contribution in [0.1, 0.15) is 6.42 Å². The molecule has 0 amide bonds. The van der Waals surface area contributed by atoms with Gasteiger partial charge in [-0.1, -0.05) is 0 Å². The summed E-state index contributed by atoms with van der Waals surface area (Å²) in [7, 11) is 0. The molecular formula is C12H14N4O3. The first-order valence-corrected chi connectivity index (χ1v) is 6.25. The minimum Gasteiger partial charge on any atom is -0.423 e. The molecule has 1 aliphatic rings. The second kappa shape index (κ2) is 4.85. The summed E-state index contributed by atoms with van der Waals surface area (Å²) in [5.41, 5.74) is 1.13. The second-order valence-electron chi connectivity index (χ2n) is 4.50. The van der Waals surface area contributed by atoms with Crippen LogP contribution in [-0.4, -0.2) is 36.1 Å². The lowest BCUT2D eigenvalue weighted by Gasteiger charge is -2.16. The fourth-order valence-electron chi connectivity index (χ4n) is 2.19. The van der Waals surface area contributed by atoms with E-state index in [1.807, 2.05) is 0 Å². The molecule has 1 aromatic carbocycles. The van der Waals surface area contributed by atoms with Crippen LogP contribution in [0.2, 0.25) is 0 Å². The van der Waals surface area contributed by atoms with Crippen LogP contribution in [0.4, 0.5) is 11.7 Å². The molecule has 0 saturated carbocycles. The predicted octanol–water partition coefficient (Wildman–Crippen LogP) is 1.54.